The molecule has 3 heterocycles. The van der Waals surface area contributed by atoms with Gasteiger partial charge in [0.2, 0.25) is 0 Å². The molecule has 4 rings (SSSR count). The van der Waals surface area contributed by atoms with E-state index < -0.39 is 9.84 Å². The van der Waals surface area contributed by atoms with Crippen LogP contribution in [0.4, 0.5) is 0 Å². The maximum absolute atomic E-state index is 12.2. The highest BCUT2D eigenvalue weighted by Gasteiger charge is 2.50. The molecule has 2 aliphatic heterocycles. The van der Waals surface area contributed by atoms with E-state index in [9.17, 15) is 8.42 Å². The molecule has 2 N–H and O–H groups in total. The molecule has 0 aliphatic carbocycles. The van der Waals surface area contributed by atoms with Crippen LogP contribution in [0.25, 0.3) is 5.69 Å². The van der Waals surface area contributed by atoms with E-state index in [4.69, 9.17) is 5.73 Å². The number of nitrogens with zero attached hydrogens (tertiary/aromatic N) is 3. The molecule has 0 saturated carbocycles. The molecule has 7 heteroatoms. The highest BCUT2D eigenvalue weighted by Crippen LogP contribution is 2.33. The monoisotopic (exact) mass is 360 g/mol. The lowest BCUT2D eigenvalue weighted by Gasteiger charge is -2.18. The maximum Gasteiger partial charge on any atom is 0.156 e. The maximum atomic E-state index is 12.2. The van der Waals surface area contributed by atoms with Gasteiger partial charge in [-0.1, -0.05) is 12.1 Å². The molecule has 0 unspecified atom stereocenters. The van der Waals surface area contributed by atoms with Crippen LogP contribution in [-0.4, -0.2) is 53.2 Å². The van der Waals surface area contributed by atoms with Crippen molar-refractivity contribution in [2.45, 2.75) is 31.7 Å². The summed E-state index contributed by atoms with van der Waals surface area (Å²) in [6.07, 6.45) is 0. The van der Waals surface area contributed by atoms with Gasteiger partial charge < -0.3 is 5.73 Å². The number of aromatic nitrogens is 2. The van der Waals surface area contributed by atoms with E-state index in [0.29, 0.717) is 6.54 Å². The van der Waals surface area contributed by atoms with E-state index in [0.717, 1.165) is 35.7 Å². The third kappa shape index (κ3) is 3.01. The zero-order valence-electron chi connectivity index (χ0n) is 14.6. The fraction of sp³-hybridized carbons (Fsp3) is 0.500. The summed E-state index contributed by atoms with van der Waals surface area (Å²) in [6, 6.07) is 10.1. The van der Waals surface area contributed by atoms with E-state index in [1.54, 1.807) is 0 Å². The fourth-order valence-electron chi connectivity index (χ4n) is 4.25. The molecule has 25 heavy (non-hydrogen) atoms. The van der Waals surface area contributed by atoms with E-state index >= 15 is 0 Å². The smallest absolute Gasteiger partial charge is 0.156 e. The summed E-state index contributed by atoms with van der Waals surface area (Å²) in [4.78, 5) is 2.21. The summed E-state index contributed by atoms with van der Waals surface area (Å²) in [5, 5.41) is 4.25. The van der Waals surface area contributed by atoms with Crippen molar-refractivity contribution in [3.63, 3.8) is 0 Å². The van der Waals surface area contributed by atoms with E-state index in [-0.39, 0.29) is 23.0 Å². The van der Waals surface area contributed by atoms with E-state index in [1.165, 1.54) is 0 Å². The number of fused-ring (bicyclic) bond motifs is 1. The van der Waals surface area contributed by atoms with Gasteiger partial charge in [0.05, 0.1) is 22.4 Å². The van der Waals surface area contributed by atoms with Crippen molar-refractivity contribution in [3.8, 4) is 5.69 Å². The third-order valence-corrected chi connectivity index (χ3v) is 7.66. The molecule has 1 aromatic heterocycles. The SMILES string of the molecule is Cc1cc(C)n(-c2cccc(CN3C[C@H]4[C@H](N)CS(=O)(=O)[C@H]4C3)c2)n1. The minimum atomic E-state index is -3.03. The average Bonchev–Trinajstić information content (AvgIpc) is 3.16. The number of nitrogens with two attached hydrogens (primary N) is 1. The Labute approximate surface area is 148 Å². The molecule has 3 atom stereocenters. The molecule has 134 valence electrons. The van der Waals surface area contributed by atoms with Gasteiger partial charge in [-0.2, -0.15) is 5.10 Å². The lowest BCUT2D eigenvalue weighted by atomic mass is 10.0. The number of sulfone groups is 1. The topological polar surface area (TPSA) is 81.2 Å². The van der Waals surface area contributed by atoms with Gasteiger partial charge >= 0.3 is 0 Å². The Hall–Kier alpha value is -1.70. The summed E-state index contributed by atoms with van der Waals surface area (Å²) in [5.74, 6) is 0.216. The first-order chi connectivity index (χ1) is 11.8. The third-order valence-electron chi connectivity index (χ3n) is 5.39. The minimum absolute atomic E-state index is 0.0733. The number of benzene rings is 1. The lowest BCUT2D eigenvalue weighted by Crippen LogP contribution is -2.33. The molecule has 1 aromatic carbocycles. The Balaban J connectivity index is 1.53. The number of aryl methyl sites for hydroxylation is 2. The van der Waals surface area contributed by atoms with Crippen molar-refractivity contribution in [2.75, 3.05) is 18.8 Å². The molecule has 0 amide bonds. The van der Waals surface area contributed by atoms with Gasteiger partial charge in [0.15, 0.2) is 9.84 Å². The largest absolute Gasteiger partial charge is 0.326 e. The van der Waals surface area contributed by atoms with E-state index in [2.05, 4.69) is 28.2 Å². The van der Waals surface area contributed by atoms with Crippen molar-refractivity contribution >= 4 is 9.84 Å². The van der Waals surface area contributed by atoms with Gasteiger partial charge in [0, 0.05) is 37.3 Å². The zero-order chi connectivity index (χ0) is 17.8. The summed E-state index contributed by atoms with van der Waals surface area (Å²) < 4.78 is 26.4. The normalized spacial score (nSPS) is 28.4. The van der Waals surface area contributed by atoms with Crippen molar-refractivity contribution < 1.29 is 8.42 Å². The van der Waals surface area contributed by atoms with E-state index in [1.807, 2.05) is 30.7 Å². The van der Waals surface area contributed by atoms with Gasteiger partial charge in [0.1, 0.15) is 0 Å². The fourth-order valence-corrected chi connectivity index (χ4v) is 6.54. The molecular formula is C18H24N4O2S. The summed E-state index contributed by atoms with van der Waals surface area (Å²) in [6.45, 7) is 6.11. The number of hydrogen-bond donors (Lipinski definition) is 1. The van der Waals surface area contributed by atoms with Crippen LogP contribution in [0.1, 0.15) is 17.0 Å². The van der Waals surface area contributed by atoms with Crippen LogP contribution in [0.15, 0.2) is 30.3 Å². The van der Waals surface area contributed by atoms with Gasteiger partial charge in [-0.05, 0) is 37.6 Å². The summed E-state index contributed by atoms with van der Waals surface area (Å²) in [7, 11) is -3.03. The summed E-state index contributed by atoms with van der Waals surface area (Å²) in [5.41, 5.74) is 10.3. The summed E-state index contributed by atoms with van der Waals surface area (Å²) >= 11 is 0. The molecule has 0 bridgehead atoms. The average molecular weight is 360 g/mol. The van der Waals surface area contributed by atoms with Crippen LogP contribution >= 0.6 is 0 Å². The Morgan fingerprint density at radius 3 is 2.72 bits per heavy atom. The predicted octanol–water partition coefficient (Wildman–Crippen LogP) is 1.05. The number of likely N-dealkylation sites (tertiary alicyclic amines) is 1. The first kappa shape index (κ1) is 16.8. The molecular weight excluding hydrogens is 336 g/mol. The quantitative estimate of drug-likeness (QED) is 0.885. The number of hydrogen-bond acceptors (Lipinski definition) is 5. The standard InChI is InChI=1S/C18H24N4O2S/c1-12-6-13(2)22(20-12)15-5-3-4-14(7-15)8-21-9-16-17(19)11-25(23,24)18(16)10-21/h3-7,16-18H,8-11,19H2,1-2H3/t16-,17+,18-/m0/s1. The Morgan fingerprint density at radius 2 is 2.04 bits per heavy atom. The first-order valence-corrected chi connectivity index (χ1v) is 10.4. The van der Waals surface area contributed by atoms with Crippen molar-refractivity contribution in [2.24, 2.45) is 11.7 Å². The molecule has 2 fully saturated rings. The predicted molar refractivity (Wildman–Crippen MR) is 97.4 cm³/mol. The molecule has 0 spiro atoms. The second-order valence-corrected chi connectivity index (χ2v) is 9.66. The molecule has 2 saturated heterocycles. The van der Waals surface area contributed by atoms with Crippen molar-refractivity contribution in [1.29, 1.82) is 0 Å². The molecule has 2 aromatic rings. The number of rotatable bonds is 3. The van der Waals surface area contributed by atoms with Crippen molar-refractivity contribution in [1.82, 2.24) is 14.7 Å². The van der Waals surface area contributed by atoms with Crippen LogP contribution in [0.3, 0.4) is 0 Å². The van der Waals surface area contributed by atoms with Gasteiger partial charge in [0.25, 0.3) is 0 Å². The van der Waals surface area contributed by atoms with Crippen LogP contribution in [0.5, 0.6) is 0 Å². The highest BCUT2D eigenvalue weighted by molar-refractivity contribution is 7.92. The van der Waals surface area contributed by atoms with Gasteiger partial charge in [-0.25, -0.2) is 13.1 Å². The highest BCUT2D eigenvalue weighted by atomic mass is 32.2. The molecule has 2 aliphatic rings. The Kier molecular flexibility index (Phi) is 3.97. The minimum Gasteiger partial charge on any atom is -0.326 e. The molecule has 6 nitrogen and oxygen atoms in total. The van der Waals surface area contributed by atoms with Crippen LogP contribution in [-0.2, 0) is 16.4 Å². The van der Waals surface area contributed by atoms with Gasteiger partial charge in [-0.3, -0.25) is 4.90 Å². The van der Waals surface area contributed by atoms with Gasteiger partial charge in [-0.15, -0.1) is 0 Å². The first-order valence-electron chi connectivity index (χ1n) is 8.65. The zero-order valence-corrected chi connectivity index (χ0v) is 15.4. The van der Waals surface area contributed by atoms with Crippen LogP contribution in [0.2, 0.25) is 0 Å². The second kappa shape index (κ2) is 5.93. The van der Waals surface area contributed by atoms with Crippen LogP contribution in [0, 0.1) is 19.8 Å². The van der Waals surface area contributed by atoms with Crippen molar-refractivity contribution in [3.05, 3.63) is 47.3 Å². The lowest BCUT2D eigenvalue weighted by molar-refractivity contribution is 0.308. The Bertz CT molecular complexity index is 906. The Morgan fingerprint density at radius 1 is 1.24 bits per heavy atom. The second-order valence-electron chi connectivity index (χ2n) is 7.40. The van der Waals surface area contributed by atoms with Crippen LogP contribution < -0.4 is 5.73 Å². The molecule has 0 radical (unpaired) electrons.